The molecule has 5 rings (SSSR count). The van der Waals surface area contributed by atoms with E-state index in [0.29, 0.717) is 23.5 Å². The van der Waals surface area contributed by atoms with Crippen molar-refractivity contribution in [3.63, 3.8) is 0 Å². The molecular formula is C27H23FN4O4. The molecule has 0 aliphatic carbocycles. The minimum absolute atomic E-state index is 0.135. The second kappa shape index (κ2) is 9.53. The number of carbonyl (C=O) groups is 1. The molecule has 36 heavy (non-hydrogen) atoms. The second-order valence-corrected chi connectivity index (χ2v) is 8.11. The van der Waals surface area contributed by atoms with Crippen molar-refractivity contribution in [2.75, 3.05) is 7.11 Å². The zero-order valence-corrected chi connectivity index (χ0v) is 19.6. The van der Waals surface area contributed by atoms with Gasteiger partial charge >= 0.3 is 0 Å². The Bertz CT molecular complexity index is 1500. The first-order valence-corrected chi connectivity index (χ1v) is 11.3. The third-order valence-electron chi connectivity index (χ3n) is 5.92. The van der Waals surface area contributed by atoms with E-state index in [1.54, 1.807) is 36.2 Å². The van der Waals surface area contributed by atoms with E-state index in [1.165, 1.54) is 24.5 Å². The van der Waals surface area contributed by atoms with Crippen LogP contribution in [-0.4, -0.2) is 28.0 Å². The number of rotatable bonds is 8. The fourth-order valence-corrected chi connectivity index (χ4v) is 4.04. The maximum Gasteiger partial charge on any atom is 0.276 e. The molecule has 0 bridgehead atoms. The minimum Gasteiger partial charge on any atom is -0.497 e. The molecule has 0 spiro atoms. The summed E-state index contributed by atoms with van der Waals surface area (Å²) < 4.78 is 31.8. The number of carbonyl (C=O) groups excluding carboxylic acids is 1. The Balaban J connectivity index is 1.53. The van der Waals surface area contributed by atoms with Gasteiger partial charge in [0, 0.05) is 23.4 Å². The molecule has 0 radical (unpaired) electrons. The molecule has 0 aliphatic heterocycles. The van der Waals surface area contributed by atoms with Gasteiger partial charge in [-0.3, -0.25) is 4.79 Å². The molecule has 1 N–H and O–H groups in total. The van der Waals surface area contributed by atoms with Crippen LogP contribution in [-0.2, 0) is 5.72 Å². The van der Waals surface area contributed by atoms with Crippen LogP contribution >= 0.6 is 0 Å². The molecule has 0 aliphatic rings. The normalized spacial score (nSPS) is 12.8. The highest BCUT2D eigenvalue weighted by atomic mass is 19.1. The van der Waals surface area contributed by atoms with E-state index < -0.39 is 11.6 Å². The van der Waals surface area contributed by atoms with Crippen LogP contribution in [0.5, 0.6) is 11.5 Å². The van der Waals surface area contributed by atoms with Crippen molar-refractivity contribution in [1.82, 2.24) is 20.3 Å². The van der Waals surface area contributed by atoms with Crippen molar-refractivity contribution in [3.05, 3.63) is 102 Å². The van der Waals surface area contributed by atoms with Crippen molar-refractivity contribution in [2.24, 2.45) is 0 Å². The Morgan fingerprint density at radius 3 is 2.64 bits per heavy atom. The summed E-state index contributed by atoms with van der Waals surface area (Å²) in [5.74, 6) is 0.387. The molecule has 8 nitrogen and oxygen atoms in total. The fourth-order valence-electron chi connectivity index (χ4n) is 4.04. The van der Waals surface area contributed by atoms with Crippen molar-refractivity contribution in [1.29, 1.82) is 0 Å². The number of nitrogens with zero attached hydrogens (tertiary/aromatic N) is 3. The maximum absolute atomic E-state index is 13.4. The van der Waals surface area contributed by atoms with Crippen molar-refractivity contribution < 1.29 is 23.2 Å². The Morgan fingerprint density at radius 2 is 1.92 bits per heavy atom. The van der Waals surface area contributed by atoms with E-state index in [0.717, 1.165) is 16.6 Å². The highest BCUT2D eigenvalue weighted by Gasteiger charge is 2.36. The van der Waals surface area contributed by atoms with Gasteiger partial charge in [0.2, 0.25) is 5.72 Å². The van der Waals surface area contributed by atoms with Gasteiger partial charge in [0.15, 0.2) is 5.69 Å². The Labute approximate surface area is 206 Å². The Kier molecular flexibility index (Phi) is 6.12. The summed E-state index contributed by atoms with van der Waals surface area (Å²) in [6.07, 6.45) is 3.44. The number of ether oxygens (including phenoxy) is 2. The molecule has 182 valence electrons. The lowest BCUT2D eigenvalue weighted by Gasteiger charge is -2.35. The summed E-state index contributed by atoms with van der Waals surface area (Å²) in [6, 6.07) is 20.4. The maximum atomic E-state index is 13.4. The van der Waals surface area contributed by atoms with Gasteiger partial charge in [0.25, 0.3) is 5.91 Å². The summed E-state index contributed by atoms with van der Waals surface area (Å²) in [6.45, 7) is 1.91. The van der Waals surface area contributed by atoms with Gasteiger partial charge in [-0.25, -0.2) is 9.07 Å². The quantitative estimate of drug-likeness (QED) is 0.302. The van der Waals surface area contributed by atoms with E-state index in [9.17, 15) is 9.18 Å². The fraction of sp³-hybridized carbons (Fsp3) is 0.148. The first-order chi connectivity index (χ1) is 17.5. The highest BCUT2D eigenvalue weighted by molar-refractivity contribution is 5.92. The topological polar surface area (TPSA) is 91.4 Å². The first kappa shape index (κ1) is 23.1. The predicted octanol–water partition coefficient (Wildman–Crippen LogP) is 5.23. The zero-order chi connectivity index (χ0) is 25.1. The number of nitrogens with one attached hydrogen (secondary N) is 1. The number of benzene rings is 3. The lowest BCUT2D eigenvalue weighted by Crippen LogP contribution is -2.50. The van der Waals surface area contributed by atoms with Crippen LogP contribution in [0.3, 0.4) is 0 Å². The zero-order valence-electron chi connectivity index (χ0n) is 19.6. The van der Waals surface area contributed by atoms with Gasteiger partial charge < -0.3 is 19.3 Å². The predicted molar refractivity (Wildman–Crippen MR) is 131 cm³/mol. The second-order valence-electron chi connectivity index (χ2n) is 8.11. The number of halogens is 1. The molecule has 2 heterocycles. The summed E-state index contributed by atoms with van der Waals surface area (Å²) in [7, 11) is 1.58. The lowest BCUT2D eigenvalue weighted by atomic mass is 9.98. The van der Waals surface area contributed by atoms with Crippen LogP contribution in [0.4, 0.5) is 4.39 Å². The van der Waals surface area contributed by atoms with Gasteiger partial charge in [-0.1, -0.05) is 24.2 Å². The summed E-state index contributed by atoms with van der Waals surface area (Å²) in [5.41, 5.74) is 1.16. The van der Waals surface area contributed by atoms with E-state index >= 15 is 0 Å². The summed E-state index contributed by atoms with van der Waals surface area (Å²) >= 11 is 0. The van der Waals surface area contributed by atoms with Gasteiger partial charge in [0.05, 0.1) is 24.5 Å². The van der Waals surface area contributed by atoms with Crippen molar-refractivity contribution in [3.8, 4) is 17.2 Å². The Hall–Kier alpha value is -4.66. The largest absolute Gasteiger partial charge is 0.497 e. The SMILES string of the molecule is CCC(NC(=O)c1ccon1)(Oc1ccc2c(cnn2-c2ccc(F)cc2)c1)c1cccc(OC)c1. The molecule has 5 aromatic rings. The van der Waals surface area contributed by atoms with E-state index in [4.69, 9.17) is 14.0 Å². The number of hydrogen-bond donors (Lipinski definition) is 1. The third-order valence-corrected chi connectivity index (χ3v) is 5.92. The van der Waals surface area contributed by atoms with Gasteiger partial charge in [-0.15, -0.1) is 0 Å². The summed E-state index contributed by atoms with van der Waals surface area (Å²) in [5, 5.41) is 12.0. The standard InChI is InChI=1S/C27H23FN4O4/c1-3-27(19-5-4-6-22(16-19)34-2,30-26(33)24-13-14-35-31-24)36-23-11-12-25-18(15-23)17-29-32(25)21-9-7-20(28)8-10-21/h4-17H,3H2,1-2H3,(H,30,33). The van der Waals surface area contributed by atoms with Crippen LogP contribution in [0, 0.1) is 5.82 Å². The molecule has 1 unspecified atom stereocenters. The van der Waals surface area contributed by atoms with E-state index in [1.807, 2.05) is 43.3 Å². The van der Waals surface area contributed by atoms with Crippen LogP contribution < -0.4 is 14.8 Å². The van der Waals surface area contributed by atoms with Crippen LogP contribution in [0.1, 0.15) is 29.4 Å². The molecule has 1 atom stereocenters. The van der Waals surface area contributed by atoms with Crippen molar-refractivity contribution in [2.45, 2.75) is 19.1 Å². The van der Waals surface area contributed by atoms with E-state index in [-0.39, 0.29) is 11.5 Å². The molecule has 3 aromatic carbocycles. The molecule has 0 fully saturated rings. The number of methoxy groups -OCH3 is 1. The van der Waals surface area contributed by atoms with Gasteiger partial charge in [-0.2, -0.15) is 5.10 Å². The monoisotopic (exact) mass is 486 g/mol. The average molecular weight is 487 g/mol. The number of amides is 1. The number of aromatic nitrogens is 3. The first-order valence-electron chi connectivity index (χ1n) is 11.3. The van der Waals surface area contributed by atoms with Gasteiger partial charge in [0.1, 0.15) is 23.6 Å². The molecule has 0 saturated carbocycles. The van der Waals surface area contributed by atoms with Crippen LogP contribution in [0.2, 0.25) is 0 Å². The summed E-state index contributed by atoms with van der Waals surface area (Å²) in [4.78, 5) is 13.0. The molecular weight excluding hydrogens is 463 g/mol. The molecule has 9 heteroatoms. The molecule has 1 amide bonds. The Morgan fingerprint density at radius 1 is 1.08 bits per heavy atom. The van der Waals surface area contributed by atoms with Crippen molar-refractivity contribution >= 4 is 16.8 Å². The van der Waals surface area contributed by atoms with Crippen LogP contribution in [0.25, 0.3) is 16.6 Å². The minimum atomic E-state index is -1.23. The number of hydrogen-bond acceptors (Lipinski definition) is 6. The third kappa shape index (κ3) is 4.38. The molecule has 0 saturated heterocycles. The molecule has 2 aromatic heterocycles. The van der Waals surface area contributed by atoms with Gasteiger partial charge in [-0.05, 0) is 54.6 Å². The van der Waals surface area contributed by atoms with Crippen LogP contribution in [0.15, 0.2) is 89.8 Å². The lowest BCUT2D eigenvalue weighted by molar-refractivity contribution is 0.0225. The average Bonchev–Trinajstić information content (AvgIpc) is 3.59. The smallest absolute Gasteiger partial charge is 0.276 e. The highest BCUT2D eigenvalue weighted by Crippen LogP contribution is 2.33. The van der Waals surface area contributed by atoms with E-state index in [2.05, 4.69) is 15.6 Å². The number of fused-ring (bicyclic) bond motifs is 1.